The van der Waals surface area contributed by atoms with Gasteiger partial charge in [0.2, 0.25) is 0 Å². The number of piperidine rings is 1. The molecule has 1 aliphatic heterocycles. The monoisotopic (exact) mass is 306 g/mol. The smallest absolute Gasteiger partial charge is 0.180 e. The summed E-state index contributed by atoms with van der Waals surface area (Å²) in [6.07, 6.45) is 10.8. The van der Waals surface area contributed by atoms with Crippen LogP contribution in [0, 0.1) is 5.41 Å². The molecular formula is C19H22N4. The summed E-state index contributed by atoms with van der Waals surface area (Å²) < 4.78 is 0. The molecule has 0 N–H and O–H groups in total. The average Bonchev–Trinajstić information content (AvgIpc) is 3.17. The number of nitrogens with zero attached hydrogens (tertiary/aromatic N) is 4. The van der Waals surface area contributed by atoms with E-state index in [2.05, 4.69) is 9.88 Å². The molecule has 1 spiro atoms. The highest BCUT2D eigenvalue weighted by Crippen LogP contribution is 2.52. The molecule has 1 saturated carbocycles. The molecule has 0 unspecified atom stereocenters. The maximum absolute atomic E-state index is 4.98. The van der Waals surface area contributed by atoms with Crippen molar-refractivity contribution in [1.29, 1.82) is 0 Å². The minimum absolute atomic E-state index is 0.611. The van der Waals surface area contributed by atoms with Gasteiger partial charge in [0.1, 0.15) is 11.5 Å². The third-order valence-corrected chi connectivity index (χ3v) is 5.72. The molecule has 5 rings (SSSR count). The van der Waals surface area contributed by atoms with Crippen LogP contribution >= 0.6 is 0 Å². The first-order valence-corrected chi connectivity index (χ1v) is 8.89. The quantitative estimate of drug-likeness (QED) is 0.852. The molecular weight excluding hydrogens is 284 g/mol. The third kappa shape index (κ3) is 2.32. The SMILES string of the molecule is c1ccc(-c2nc3c(c(N4CCCC5(CC5)C4)n2)CCC3)nc1. The van der Waals surface area contributed by atoms with Crippen molar-refractivity contribution in [3.63, 3.8) is 0 Å². The predicted octanol–water partition coefficient (Wildman–Crippen LogP) is 3.41. The van der Waals surface area contributed by atoms with Crippen LogP contribution in [0.2, 0.25) is 0 Å². The fourth-order valence-corrected chi connectivity index (χ4v) is 4.26. The lowest BCUT2D eigenvalue weighted by Crippen LogP contribution is -2.37. The van der Waals surface area contributed by atoms with Crippen LogP contribution in [-0.2, 0) is 12.8 Å². The van der Waals surface area contributed by atoms with Crippen LogP contribution in [0.3, 0.4) is 0 Å². The van der Waals surface area contributed by atoms with Crippen molar-refractivity contribution >= 4 is 5.82 Å². The van der Waals surface area contributed by atoms with Crippen molar-refractivity contribution in [2.75, 3.05) is 18.0 Å². The third-order valence-electron chi connectivity index (χ3n) is 5.72. The van der Waals surface area contributed by atoms with E-state index < -0.39 is 0 Å². The van der Waals surface area contributed by atoms with E-state index in [0.29, 0.717) is 5.41 Å². The molecule has 0 radical (unpaired) electrons. The zero-order chi connectivity index (χ0) is 15.3. The molecule has 4 heteroatoms. The van der Waals surface area contributed by atoms with E-state index in [1.165, 1.54) is 55.7 Å². The van der Waals surface area contributed by atoms with Crippen LogP contribution in [-0.4, -0.2) is 28.0 Å². The van der Waals surface area contributed by atoms with Crippen molar-refractivity contribution in [2.45, 2.75) is 44.9 Å². The number of anilines is 1. The highest BCUT2D eigenvalue weighted by atomic mass is 15.2. The molecule has 0 aromatic carbocycles. The van der Waals surface area contributed by atoms with Crippen molar-refractivity contribution in [1.82, 2.24) is 15.0 Å². The molecule has 4 nitrogen and oxygen atoms in total. The molecule has 23 heavy (non-hydrogen) atoms. The maximum atomic E-state index is 4.98. The number of aryl methyl sites for hydroxylation is 1. The molecule has 2 aliphatic carbocycles. The number of pyridine rings is 1. The van der Waals surface area contributed by atoms with Gasteiger partial charge in [-0.3, -0.25) is 4.98 Å². The molecule has 2 fully saturated rings. The first kappa shape index (κ1) is 13.5. The second-order valence-corrected chi connectivity index (χ2v) is 7.39. The fraction of sp³-hybridized carbons (Fsp3) is 0.526. The summed E-state index contributed by atoms with van der Waals surface area (Å²) in [5.74, 6) is 2.01. The Morgan fingerprint density at radius 3 is 2.78 bits per heavy atom. The highest BCUT2D eigenvalue weighted by molar-refractivity contribution is 5.59. The summed E-state index contributed by atoms with van der Waals surface area (Å²) in [5, 5.41) is 0. The van der Waals surface area contributed by atoms with Gasteiger partial charge < -0.3 is 4.90 Å². The number of aromatic nitrogens is 3. The van der Waals surface area contributed by atoms with Crippen LogP contribution < -0.4 is 4.90 Å². The average molecular weight is 306 g/mol. The summed E-state index contributed by atoms with van der Waals surface area (Å²) in [5.41, 5.74) is 4.16. The lowest BCUT2D eigenvalue weighted by atomic mass is 9.95. The Bertz CT molecular complexity index is 737. The first-order chi connectivity index (χ1) is 11.3. The second kappa shape index (κ2) is 5.02. The van der Waals surface area contributed by atoms with Crippen LogP contribution in [0.15, 0.2) is 24.4 Å². The molecule has 2 aromatic heterocycles. The lowest BCUT2D eigenvalue weighted by molar-refractivity contribution is 0.393. The van der Waals surface area contributed by atoms with Crippen molar-refractivity contribution in [3.05, 3.63) is 35.7 Å². The summed E-state index contributed by atoms with van der Waals surface area (Å²) in [4.78, 5) is 16.8. The lowest BCUT2D eigenvalue weighted by Gasteiger charge is -2.35. The van der Waals surface area contributed by atoms with E-state index in [9.17, 15) is 0 Å². The van der Waals surface area contributed by atoms with Gasteiger partial charge in [-0.2, -0.15) is 0 Å². The van der Waals surface area contributed by atoms with Gasteiger partial charge in [-0.1, -0.05) is 6.07 Å². The van der Waals surface area contributed by atoms with Gasteiger partial charge in [0.05, 0.1) is 0 Å². The summed E-state index contributed by atoms with van der Waals surface area (Å²) >= 11 is 0. The molecule has 0 amide bonds. The molecule has 2 aromatic rings. The number of fused-ring (bicyclic) bond motifs is 1. The summed E-state index contributed by atoms with van der Waals surface area (Å²) in [6.45, 7) is 2.34. The van der Waals surface area contributed by atoms with E-state index in [1.54, 1.807) is 0 Å². The van der Waals surface area contributed by atoms with Gasteiger partial charge in [0.25, 0.3) is 0 Å². The van der Waals surface area contributed by atoms with Gasteiger partial charge in [0.15, 0.2) is 5.82 Å². The Balaban J connectivity index is 1.58. The van der Waals surface area contributed by atoms with Crippen molar-refractivity contribution in [2.24, 2.45) is 5.41 Å². The topological polar surface area (TPSA) is 41.9 Å². The molecule has 3 aliphatic rings. The van der Waals surface area contributed by atoms with E-state index in [4.69, 9.17) is 9.97 Å². The number of rotatable bonds is 2. The standard InChI is InChI=1S/C19H22N4/c1-2-11-20-16(6-1)17-21-15-7-3-5-14(15)18(22-17)23-12-4-8-19(13-23)9-10-19/h1-2,6,11H,3-5,7-10,12-13H2. The number of hydrogen-bond acceptors (Lipinski definition) is 4. The van der Waals surface area contributed by atoms with E-state index in [0.717, 1.165) is 30.9 Å². The second-order valence-electron chi connectivity index (χ2n) is 7.39. The predicted molar refractivity (Wildman–Crippen MR) is 90.4 cm³/mol. The molecule has 0 bridgehead atoms. The fourth-order valence-electron chi connectivity index (χ4n) is 4.26. The van der Waals surface area contributed by atoms with E-state index in [-0.39, 0.29) is 0 Å². The minimum Gasteiger partial charge on any atom is -0.356 e. The molecule has 1 saturated heterocycles. The molecule has 0 atom stereocenters. The summed E-state index contributed by atoms with van der Waals surface area (Å²) in [6, 6.07) is 5.97. The van der Waals surface area contributed by atoms with Crippen LogP contribution in [0.1, 0.15) is 43.4 Å². The zero-order valence-corrected chi connectivity index (χ0v) is 13.5. The maximum Gasteiger partial charge on any atom is 0.180 e. The summed E-state index contributed by atoms with van der Waals surface area (Å²) in [7, 11) is 0. The first-order valence-electron chi connectivity index (χ1n) is 8.89. The van der Waals surface area contributed by atoms with E-state index >= 15 is 0 Å². The Morgan fingerprint density at radius 1 is 1.00 bits per heavy atom. The zero-order valence-electron chi connectivity index (χ0n) is 13.5. The van der Waals surface area contributed by atoms with Gasteiger partial charge in [-0.15, -0.1) is 0 Å². The minimum atomic E-state index is 0.611. The molecule has 3 heterocycles. The Kier molecular flexibility index (Phi) is 2.94. The van der Waals surface area contributed by atoms with Gasteiger partial charge in [0, 0.05) is 30.5 Å². The van der Waals surface area contributed by atoms with Gasteiger partial charge in [-0.05, 0) is 62.5 Å². The van der Waals surface area contributed by atoms with Gasteiger partial charge in [-0.25, -0.2) is 9.97 Å². The van der Waals surface area contributed by atoms with Crippen LogP contribution in [0.5, 0.6) is 0 Å². The number of hydrogen-bond donors (Lipinski definition) is 0. The largest absolute Gasteiger partial charge is 0.356 e. The molecule has 118 valence electrons. The van der Waals surface area contributed by atoms with Crippen molar-refractivity contribution < 1.29 is 0 Å². The van der Waals surface area contributed by atoms with Crippen LogP contribution in [0.25, 0.3) is 11.5 Å². The van der Waals surface area contributed by atoms with Gasteiger partial charge >= 0.3 is 0 Å². The Morgan fingerprint density at radius 2 is 1.96 bits per heavy atom. The normalized spacial score (nSPS) is 21.5. The van der Waals surface area contributed by atoms with Crippen molar-refractivity contribution in [3.8, 4) is 11.5 Å². The van der Waals surface area contributed by atoms with Crippen LogP contribution in [0.4, 0.5) is 5.82 Å². The Labute approximate surface area is 137 Å². The Hall–Kier alpha value is -1.97. The van der Waals surface area contributed by atoms with E-state index in [1.807, 2.05) is 24.4 Å². The highest BCUT2D eigenvalue weighted by Gasteiger charge is 2.46.